The topological polar surface area (TPSA) is 46.9 Å². The molecule has 4 heteroatoms. The summed E-state index contributed by atoms with van der Waals surface area (Å²) in [4.78, 5) is 15.9. The molecule has 0 aliphatic heterocycles. The molecule has 0 saturated heterocycles. The lowest BCUT2D eigenvalue weighted by Crippen LogP contribution is -2.31. The molecule has 1 rings (SSSR count). The minimum absolute atomic E-state index is 0.193. The van der Waals surface area contributed by atoms with E-state index in [2.05, 4.69) is 24.1 Å². The molecule has 4 nitrogen and oxygen atoms in total. The number of rotatable bonds is 9. The fraction of sp³-hybridized carbons (Fsp3) is 0.714. The minimum atomic E-state index is 0.193. The summed E-state index contributed by atoms with van der Waals surface area (Å²) < 4.78 is 2.03. The molecule has 18 heavy (non-hydrogen) atoms. The molecule has 0 bridgehead atoms. The van der Waals surface area contributed by atoms with Gasteiger partial charge in [-0.15, -0.1) is 0 Å². The Balaban J connectivity index is 2.14. The Morgan fingerprint density at radius 3 is 2.83 bits per heavy atom. The van der Waals surface area contributed by atoms with Gasteiger partial charge in [0.05, 0.1) is 6.33 Å². The predicted molar refractivity (Wildman–Crippen MR) is 73.2 cm³/mol. The lowest BCUT2D eigenvalue weighted by molar-refractivity contribution is -0.125. The van der Waals surface area contributed by atoms with Crippen LogP contribution in [0.15, 0.2) is 18.7 Å². The van der Waals surface area contributed by atoms with Crippen molar-refractivity contribution in [3.05, 3.63) is 18.7 Å². The molecule has 0 spiro atoms. The van der Waals surface area contributed by atoms with Crippen molar-refractivity contribution in [2.24, 2.45) is 5.92 Å². The van der Waals surface area contributed by atoms with Crippen LogP contribution >= 0.6 is 0 Å². The average molecular weight is 251 g/mol. The highest BCUT2D eigenvalue weighted by atomic mass is 16.1. The van der Waals surface area contributed by atoms with Gasteiger partial charge in [0.15, 0.2) is 0 Å². The van der Waals surface area contributed by atoms with Crippen LogP contribution < -0.4 is 5.32 Å². The zero-order chi connectivity index (χ0) is 13.2. The molecule has 1 aromatic rings. The Morgan fingerprint density at radius 2 is 2.22 bits per heavy atom. The third kappa shape index (κ3) is 5.34. The second kappa shape index (κ2) is 8.72. The van der Waals surface area contributed by atoms with Gasteiger partial charge in [0, 0.05) is 31.4 Å². The van der Waals surface area contributed by atoms with Gasteiger partial charge in [0.25, 0.3) is 0 Å². The first-order valence-electron chi connectivity index (χ1n) is 7.01. The van der Waals surface area contributed by atoms with Crippen LogP contribution in [-0.2, 0) is 11.3 Å². The van der Waals surface area contributed by atoms with Crippen LogP contribution in [0.5, 0.6) is 0 Å². The van der Waals surface area contributed by atoms with Crippen LogP contribution in [0, 0.1) is 5.92 Å². The number of nitrogens with zero attached hydrogens (tertiary/aromatic N) is 2. The molecule has 0 aromatic carbocycles. The van der Waals surface area contributed by atoms with E-state index >= 15 is 0 Å². The molecular weight excluding hydrogens is 226 g/mol. The summed E-state index contributed by atoms with van der Waals surface area (Å²) in [6.45, 7) is 5.91. The third-order valence-corrected chi connectivity index (χ3v) is 3.22. The first-order chi connectivity index (χ1) is 8.77. The molecule has 1 aromatic heterocycles. The first kappa shape index (κ1) is 14.7. The van der Waals surface area contributed by atoms with E-state index in [1.165, 1.54) is 0 Å². The number of amides is 1. The molecule has 1 N–H and O–H groups in total. The fourth-order valence-corrected chi connectivity index (χ4v) is 2.01. The van der Waals surface area contributed by atoms with Gasteiger partial charge in [0.1, 0.15) is 0 Å². The molecule has 0 aliphatic carbocycles. The molecule has 0 fully saturated rings. The smallest absolute Gasteiger partial charge is 0.223 e. The highest BCUT2D eigenvalue weighted by Crippen LogP contribution is 2.12. The largest absolute Gasteiger partial charge is 0.356 e. The van der Waals surface area contributed by atoms with E-state index in [4.69, 9.17) is 0 Å². The van der Waals surface area contributed by atoms with E-state index in [0.29, 0.717) is 0 Å². The number of hydrogen-bond donors (Lipinski definition) is 1. The highest BCUT2D eigenvalue weighted by molar-refractivity contribution is 5.78. The van der Waals surface area contributed by atoms with Crippen LogP contribution in [-0.4, -0.2) is 22.0 Å². The molecule has 1 atom stereocenters. The second-order valence-electron chi connectivity index (χ2n) is 4.69. The van der Waals surface area contributed by atoms with Crippen molar-refractivity contribution in [3.8, 4) is 0 Å². The quantitative estimate of drug-likeness (QED) is 0.686. The molecule has 0 radical (unpaired) electrons. The normalized spacial score (nSPS) is 12.3. The first-order valence-corrected chi connectivity index (χ1v) is 7.01. The van der Waals surface area contributed by atoms with E-state index in [-0.39, 0.29) is 11.8 Å². The maximum absolute atomic E-state index is 11.9. The van der Waals surface area contributed by atoms with E-state index < -0.39 is 0 Å². The standard InChI is InChI=1S/C14H25N3O/c1-3-5-7-13(4-2)14(18)16-8-6-10-17-11-9-15-12-17/h9,11-13H,3-8,10H2,1-2H3,(H,16,18). The zero-order valence-corrected chi connectivity index (χ0v) is 11.6. The lowest BCUT2D eigenvalue weighted by Gasteiger charge is -2.14. The molecule has 1 amide bonds. The number of nitrogens with one attached hydrogen (secondary N) is 1. The van der Waals surface area contributed by atoms with Crippen molar-refractivity contribution in [3.63, 3.8) is 0 Å². The van der Waals surface area contributed by atoms with Crippen LogP contribution in [0.25, 0.3) is 0 Å². The second-order valence-corrected chi connectivity index (χ2v) is 4.69. The lowest BCUT2D eigenvalue weighted by atomic mass is 9.98. The van der Waals surface area contributed by atoms with E-state index in [1.54, 1.807) is 12.5 Å². The van der Waals surface area contributed by atoms with Crippen LogP contribution in [0.4, 0.5) is 0 Å². The SMILES string of the molecule is CCCCC(CC)C(=O)NCCCn1ccnc1. The van der Waals surface area contributed by atoms with Gasteiger partial charge in [-0.2, -0.15) is 0 Å². The number of hydrogen-bond acceptors (Lipinski definition) is 2. The average Bonchev–Trinajstić information content (AvgIpc) is 2.88. The summed E-state index contributed by atoms with van der Waals surface area (Å²) in [7, 11) is 0. The van der Waals surface area contributed by atoms with Crippen molar-refractivity contribution in [1.82, 2.24) is 14.9 Å². The Morgan fingerprint density at radius 1 is 1.39 bits per heavy atom. The Bertz CT molecular complexity index is 322. The van der Waals surface area contributed by atoms with E-state index in [9.17, 15) is 4.79 Å². The van der Waals surface area contributed by atoms with Gasteiger partial charge in [-0.25, -0.2) is 4.98 Å². The molecule has 102 valence electrons. The molecule has 1 unspecified atom stereocenters. The van der Waals surface area contributed by atoms with Crippen LogP contribution in [0.2, 0.25) is 0 Å². The van der Waals surface area contributed by atoms with Gasteiger partial charge >= 0.3 is 0 Å². The van der Waals surface area contributed by atoms with Crippen molar-refractivity contribution in [2.75, 3.05) is 6.54 Å². The minimum Gasteiger partial charge on any atom is -0.356 e. The van der Waals surface area contributed by atoms with Crippen molar-refractivity contribution in [2.45, 2.75) is 52.5 Å². The van der Waals surface area contributed by atoms with Gasteiger partial charge in [0.2, 0.25) is 5.91 Å². The molecular formula is C14H25N3O. The summed E-state index contributed by atoms with van der Waals surface area (Å²) >= 11 is 0. The summed E-state index contributed by atoms with van der Waals surface area (Å²) in [5, 5.41) is 3.03. The van der Waals surface area contributed by atoms with Gasteiger partial charge < -0.3 is 9.88 Å². The Hall–Kier alpha value is -1.32. The van der Waals surface area contributed by atoms with Crippen molar-refractivity contribution < 1.29 is 4.79 Å². The number of aromatic nitrogens is 2. The summed E-state index contributed by atoms with van der Waals surface area (Å²) in [6, 6.07) is 0. The van der Waals surface area contributed by atoms with Gasteiger partial charge in [-0.3, -0.25) is 4.79 Å². The fourth-order valence-electron chi connectivity index (χ4n) is 2.01. The molecule has 1 heterocycles. The monoisotopic (exact) mass is 251 g/mol. The van der Waals surface area contributed by atoms with E-state index in [1.807, 2.05) is 10.8 Å². The number of carbonyl (C=O) groups is 1. The van der Waals surface area contributed by atoms with Gasteiger partial charge in [-0.1, -0.05) is 26.7 Å². The predicted octanol–water partition coefficient (Wildman–Crippen LogP) is 2.61. The Labute approximate surface area is 110 Å². The third-order valence-electron chi connectivity index (χ3n) is 3.22. The van der Waals surface area contributed by atoms with Gasteiger partial charge in [-0.05, 0) is 19.3 Å². The number of carbonyl (C=O) groups excluding carboxylic acids is 1. The molecule has 0 aliphatic rings. The van der Waals surface area contributed by atoms with E-state index in [0.717, 1.165) is 45.2 Å². The van der Waals surface area contributed by atoms with Crippen LogP contribution in [0.3, 0.4) is 0 Å². The maximum atomic E-state index is 11.9. The number of imidazole rings is 1. The number of aryl methyl sites for hydroxylation is 1. The molecule has 0 saturated carbocycles. The maximum Gasteiger partial charge on any atom is 0.223 e. The summed E-state index contributed by atoms with van der Waals surface area (Å²) in [5.41, 5.74) is 0. The van der Waals surface area contributed by atoms with Crippen molar-refractivity contribution in [1.29, 1.82) is 0 Å². The zero-order valence-electron chi connectivity index (χ0n) is 11.6. The summed E-state index contributed by atoms with van der Waals surface area (Å²) in [5.74, 6) is 0.412. The highest BCUT2D eigenvalue weighted by Gasteiger charge is 2.14. The van der Waals surface area contributed by atoms with Crippen LogP contribution in [0.1, 0.15) is 46.0 Å². The summed E-state index contributed by atoms with van der Waals surface area (Å²) in [6.07, 6.45) is 10.7. The van der Waals surface area contributed by atoms with Crippen molar-refractivity contribution >= 4 is 5.91 Å². The Kier molecular flexibility index (Phi) is 7.14. The number of unbranched alkanes of at least 4 members (excludes halogenated alkanes) is 1.